The average molecular weight is 604 g/mol. The maximum Gasteiger partial charge on any atom is 0.0802 e. The van der Waals surface area contributed by atoms with E-state index in [1.807, 2.05) is 12.3 Å². The molecule has 0 N–H and O–H groups in total. The van der Waals surface area contributed by atoms with Crippen LogP contribution in [0, 0.1) is 0 Å². The van der Waals surface area contributed by atoms with Crippen molar-refractivity contribution in [3.8, 4) is 16.8 Å². The fraction of sp³-hybridized carbons (Fsp3) is 0.0909. The number of hydrogen-bond acceptors (Lipinski definition) is 2. The molecule has 0 spiro atoms. The van der Waals surface area contributed by atoms with Gasteiger partial charge in [-0.15, -0.1) is 0 Å². The van der Waals surface area contributed by atoms with E-state index in [4.69, 9.17) is 9.98 Å². The molecule has 7 aromatic carbocycles. The third-order valence-corrected chi connectivity index (χ3v) is 9.62. The molecule has 0 aliphatic carbocycles. The molecule has 0 amide bonds. The van der Waals surface area contributed by atoms with E-state index < -0.39 is 0 Å². The molecule has 0 radical (unpaired) electrons. The zero-order valence-electron chi connectivity index (χ0n) is 26.5. The molecule has 0 aliphatic rings. The Balaban J connectivity index is 1.28. The van der Waals surface area contributed by atoms with Crippen molar-refractivity contribution in [3.05, 3.63) is 145 Å². The number of allylic oxidation sites excluding steroid dienone is 2. The molecule has 47 heavy (non-hydrogen) atoms. The van der Waals surface area contributed by atoms with Crippen molar-refractivity contribution in [1.82, 2.24) is 9.55 Å². The molecule has 0 saturated carbocycles. The zero-order chi connectivity index (χ0) is 31.5. The molecule has 2 aromatic heterocycles. The van der Waals surface area contributed by atoms with Gasteiger partial charge in [-0.1, -0.05) is 110 Å². The first-order valence-electron chi connectivity index (χ1n) is 16.5. The number of nitrogens with zero attached hydrogens (tertiary/aromatic N) is 3. The predicted octanol–water partition coefficient (Wildman–Crippen LogP) is 11.7. The van der Waals surface area contributed by atoms with Crippen molar-refractivity contribution in [1.29, 1.82) is 0 Å². The molecular weight excluding hydrogens is 571 g/mol. The molecule has 9 aromatic rings. The van der Waals surface area contributed by atoms with Crippen LogP contribution < -0.4 is 0 Å². The van der Waals surface area contributed by atoms with Gasteiger partial charge < -0.3 is 4.57 Å². The van der Waals surface area contributed by atoms with E-state index in [1.54, 1.807) is 0 Å². The highest BCUT2D eigenvalue weighted by molar-refractivity contribution is 6.28. The lowest BCUT2D eigenvalue weighted by molar-refractivity contribution is 1.13. The normalized spacial score (nSPS) is 12.7. The van der Waals surface area contributed by atoms with Gasteiger partial charge in [0.25, 0.3) is 0 Å². The van der Waals surface area contributed by atoms with Crippen LogP contribution >= 0.6 is 0 Å². The fourth-order valence-corrected chi connectivity index (χ4v) is 7.55. The summed E-state index contributed by atoms with van der Waals surface area (Å²) in [6.45, 7) is 5.01. The number of pyridine rings is 1. The highest BCUT2D eigenvalue weighted by Gasteiger charge is 2.19. The Labute approximate surface area is 273 Å². The van der Waals surface area contributed by atoms with Crippen LogP contribution in [0.5, 0.6) is 0 Å². The third-order valence-electron chi connectivity index (χ3n) is 9.62. The summed E-state index contributed by atoms with van der Waals surface area (Å²) in [6, 6.07) is 44.6. The van der Waals surface area contributed by atoms with Crippen molar-refractivity contribution in [2.24, 2.45) is 4.99 Å². The summed E-state index contributed by atoms with van der Waals surface area (Å²) in [6.07, 6.45) is 7.21. The predicted molar refractivity (Wildman–Crippen MR) is 202 cm³/mol. The number of aliphatic imine (C=N–C) groups is 1. The monoisotopic (exact) mass is 603 g/mol. The number of benzene rings is 7. The molecule has 0 unspecified atom stereocenters. The van der Waals surface area contributed by atoms with Gasteiger partial charge in [0.2, 0.25) is 0 Å². The molecular formula is C44H33N3. The first-order valence-corrected chi connectivity index (χ1v) is 16.5. The molecule has 2 heterocycles. The molecule has 0 saturated heterocycles. The Kier molecular flexibility index (Phi) is 6.39. The van der Waals surface area contributed by atoms with Crippen LogP contribution in [0.25, 0.3) is 81.8 Å². The molecule has 3 heteroatoms. The second-order valence-electron chi connectivity index (χ2n) is 12.3. The maximum atomic E-state index is 4.85. The van der Waals surface area contributed by atoms with Gasteiger partial charge in [-0.25, -0.2) is 0 Å². The van der Waals surface area contributed by atoms with Crippen LogP contribution in [-0.4, -0.2) is 21.8 Å². The van der Waals surface area contributed by atoms with Gasteiger partial charge >= 0.3 is 0 Å². The Morgan fingerprint density at radius 1 is 0.638 bits per heavy atom. The van der Waals surface area contributed by atoms with Crippen molar-refractivity contribution < 1.29 is 0 Å². The van der Waals surface area contributed by atoms with Gasteiger partial charge in [-0.2, -0.15) is 0 Å². The summed E-state index contributed by atoms with van der Waals surface area (Å²) in [5.41, 5.74) is 9.24. The van der Waals surface area contributed by atoms with Crippen molar-refractivity contribution >= 4 is 70.7 Å². The first kappa shape index (κ1) is 27.5. The SMILES string of the molecule is CC/C=C\C(=NCC)c1ccc(-c2ccc3ccc4c(-n5c6ccccc6c6c7ncccc7ccc65)ccc5ccc2c3c54)cc1. The van der Waals surface area contributed by atoms with Crippen LogP contribution in [0.3, 0.4) is 0 Å². The lowest BCUT2D eigenvalue weighted by Crippen LogP contribution is -1.98. The lowest BCUT2D eigenvalue weighted by Gasteiger charge is -2.18. The number of fused-ring (bicyclic) bond motifs is 5. The fourth-order valence-electron chi connectivity index (χ4n) is 7.55. The minimum atomic E-state index is 0.768. The smallest absolute Gasteiger partial charge is 0.0802 e. The van der Waals surface area contributed by atoms with Gasteiger partial charge in [0.15, 0.2) is 0 Å². The van der Waals surface area contributed by atoms with Gasteiger partial charge in [0, 0.05) is 34.3 Å². The van der Waals surface area contributed by atoms with Crippen LogP contribution in [0.2, 0.25) is 0 Å². The molecule has 0 aliphatic heterocycles. The van der Waals surface area contributed by atoms with Gasteiger partial charge in [-0.3, -0.25) is 9.98 Å². The summed E-state index contributed by atoms with van der Waals surface area (Å²) in [7, 11) is 0. The number of para-hydroxylation sites is 1. The zero-order valence-corrected chi connectivity index (χ0v) is 26.5. The number of aromatic nitrogens is 2. The van der Waals surface area contributed by atoms with Gasteiger partial charge in [0.1, 0.15) is 0 Å². The quantitative estimate of drug-likeness (QED) is 0.137. The highest BCUT2D eigenvalue weighted by atomic mass is 15.0. The van der Waals surface area contributed by atoms with E-state index in [1.165, 1.54) is 70.9 Å². The average Bonchev–Trinajstić information content (AvgIpc) is 3.47. The molecule has 0 fully saturated rings. The summed E-state index contributed by atoms with van der Waals surface area (Å²) in [4.78, 5) is 9.59. The summed E-state index contributed by atoms with van der Waals surface area (Å²) >= 11 is 0. The molecule has 224 valence electrons. The summed E-state index contributed by atoms with van der Waals surface area (Å²) in [5, 5.41) is 11.2. The van der Waals surface area contributed by atoms with Crippen LogP contribution in [-0.2, 0) is 0 Å². The van der Waals surface area contributed by atoms with Crippen molar-refractivity contribution in [2.75, 3.05) is 6.54 Å². The molecule has 9 rings (SSSR count). The molecule has 0 bridgehead atoms. The van der Waals surface area contributed by atoms with E-state index in [-0.39, 0.29) is 0 Å². The summed E-state index contributed by atoms with van der Waals surface area (Å²) in [5.74, 6) is 0. The Bertz CT molecular complexity index is 2690. The first-order chi connectivity index (χ1) is 23.2. The topological polar surface area (TPSA) is 30.2 Å². The highest BCUT2D eigenvalue weighted by Crippen LogP contribution is 2.43. The van der Waals surface area contributed by atoms with Gasteiger partial charge in [-0.05, 0) is 87.3 Å². The van der Waals surface area contributed by atoms with Crippen LogP contribution in [0.4, 0.5) is 0 Å². The van der Waals surface area contributed by atoms with Crippen LogP contribution in [0.15, 0.2) is 145 Å². The largest absolute Gasteiger partial charge is 0.309 e. The lowest BCUT2D eigenvalue weighted by atomic mass is 9.89. The van der Waals surface area contributed by atoms with Crippen molar-refractivity contribution in [3.63, 3.8) is 0 Å². The Hall–Kier alpha value is -5.80. The minimum absolute atomic E-state index is 0.768. The number of rotatable bonds is 6. The minimum Gasteiger partial charge on any atom is -0.309 e. The number of hydrogen-bond donors (Lipinski definition) is 0. The van der Waals surface area contributed by atoms with E-state index in [2.05, 4.69) is 146 Å². The second-order valence-corrected chi connectivity index (χ2v) is 12.3. The molecule has 3 nitrogen and oxygen atoms in total. The van der Waals surface area contributed by atoms with E-state index in [9.17, 15) is 0 Å². The Morgan fingerprint density at radius 2 is 1.38 bits per heavy atom. The van der Waals surface area contributed by atoms with Crippen molar-refractivity contribution in [2.45, 2.75) is 20.3 Å². The third kappa shape index (κ3) is 4.20. The van der Waals surface area contributed by atoms with Gasteiger partial charge in [0.05, 0.1) is 27.9 Å². The second kappa shape index (κ2) is 10.9. The summed E-state index contributed by atoms with van der Waals surface area (Å²) < 4.78 is 2.44. The van der Waals surface area contributed by atoms with E-state index in [0.29, 0.717) is 0 Å². The van der Waals surface area contributed by atoms with Crippen LogP contribution in [0.1, 0.15) is 25.8 Å². The Morgan fingerprint density at radius 3 is 2.21 bits per heavy atom. The standard InChI is InChI=1S/C44H33N3/c1-3-5-11-37(45-4-2)29-15-13-28(14-16-29)33-22-17-30-19-24-36-39(25-20-31-18-23-34(33)41(30)42(31)36)47-38-12-7-6-10-35(38)43-40(47)26-21-32-9-8-27-46-44(32)43/h5-27H,3-4H2,1-2H3/b11-5-,45-37?. The van der Waals surface area contributed by atoms with E-state index in [0.717, 1.165) is 35.1 Å². The van der Waals surface area contributed by atoms with E-state index >= 15 is 0 Å². The molecule has 0 atom stereocenters. The maximum absolute atomic E-state index is 4.85.